The lowest BCUT2D eigenvalue weighted by atomic mass is 9.89. The Bertz CT molecular complexity index is 1110. The predicted molar refractivity (Wildman–Crippen MR) is 112 cm³/mol. The Morgan fingerprint density at radius 2 is 2.03 bits per heavy atom. The molecule has 0 saturated heterocycles. The second-order valence-corrected chi connectivity index (χ2v) is 7.41. The molecule has 7 heteroatoms. The molecule has 1 unspecified atom stereocenters. The van der Waals surface area contributed by atoms with Crippen LogP contribution in [0.2, 0.25) is 0 Å². The monoisotopic (exact) mass is 409 g/mol. The molecule has 6 nitrogen and oxygen atoms in total. The zero-order valence-corrected chi connectivity index (χ0v) is 17.1. The van der Waals surface area contributed by atoms with Gasteiger partial charge in [-0.15, -0.1) is 0 Å². The summed E-state index contributed by atoms with van der Waals surface area (Å²) in [5.41, 5.74) is 0.521. The summed E-state index contributed by atoms with van der Waals surface area (Å²) in [7, 11) is 0. The van der Waals surface area contributed by atoms with E-state index >= 15 is 0 Å². The minimum absolute atomic E-state index is 0.276. The Labute approximate surface area is 174 Å². The number of aliphatic hydroxyl groups is 1. The summed E-state index contributed by atoms with van der Waals surface area (Å²) in [5, 5.41) is 12.3. The molecule has 0 aliphatic rings. The number of halogens is 1. The number of carbonyl (C=O) groups excluding carboxylic acids is 1. The molecule has 0 aliphatic carbocycles. The SMILES string of the molecule is Cc1c([C@@H](C)NC(=O)c2ccc(=O)n(-c3cccnc3)c2)cccc1C(C)(F)CO. The lowest BCUT2D eigenvalue weighted by molar-refractivity contribution is 0.0860. The van der Waals surface area contributed by atoms with E-state index in [4.69, 9.17) is 0 Å². The number of benzene rings is 1. The van der Waals surface area contributed by atoms with Gasteiger partial charge in [0.15, 0.2) is 5.67 Å². The van der Waals surface area contributed by atoms with E-state index < -0.39 is 18.3 Å². The summed E-state index contributed by atoms with van der Waals surface area (Å²) in [6, 6.07) is 11.0. The van der Waals surface area contributed by atoms with Gasteiger partial charge in [0.2, 0.25) is 0 Å². The van der Waals surface area contributed by atoms with Crippen molar-refractivity contribution in [2.24, 2.45) is 0 Å². The zero-order chi connectivity index (χ0) is 21.9. The van der Waals surface area contributed by atoms with Crippen LogP contribution < -0.4 is 10.9 Å². The third kappa shape index (κ3) is 4.31. The molecule has 0 saturated carbocycles. The van der Waals surface area contributed by atoms with Gasteiger partial charge < -0.3 is 10.4 Å². The fourth-order valence-corrected chi connectivity index (χ4v) is 3.45. The number of aliphatic hydroxyl groups excluding tert-OH is 1. The van der Waals surface area contributed by atoms with E-state index in [2.05, 4.69) is 10.3 Å². The van der Waals surface area contributed by atoms with Crippen molar-refractivity contribution in [3.63, 3.8) is 0 Å². The van der Waals surface area contributed by atoms with E-state index in [1.54, 1.807) is 44.3 Å². The predicted octanol–water partition coefficient (Wildman–Crippen LogP) is 3.21. The summed E-state index contributed by atoms with van der Waals surface area (Å²) in [6.45, 7) is 4.26. The summed E-state index contributed by atoms with van der Waals surface area (Å²) in [5.74, 6) is -0.366. The van der Waals surface area contributed by atoms with Crippen LogP contribution in [0.1, 0.15) is 46.9 Å². The summed E-state index contributed by atoms with van der Waals surface area (Å²) in [4.78, 5) is 29.0. The van der Waals surface area contributed by atoms with Gasteiger partial charge in [-0.3, -0.25) is 19.1 Å². The smallest absolute Gasteiger partial charge is 0.255 e. The highest BCUT2D eigenvalue weighted by Gasteiger charge is 2.28. The van der Waals surface area contributed by atoms with E-state index in [0.717, 1.165) is 5.56 Å². The maximum Gasteiger partial charge on any atom is 0.255 e. The van der Waals surface area contributed by atoms with Crippen molar-refractivity contribution in [3.05, 3.63) is 93.7 Å². The van der Waals surface area contributed by atoms with Crippen LogP contribution in [0.25, 0.3) is 5.69 Å². The number of nitrogens with one attached hydrogen (secondary N) is 1. The Morgan fingerprint density at radius 1 is 1.27 bits per heavy atom. The number of rotatable bonds is 6. The van der Waals surface area contributed by atoms with Gasteiger partial charge in [0.05, 0.1) is 30.1 Å². The molecule has 1 aromatic carbocycles. The number of carbonyl (C=O) groups is 1. The minimum Gasteiger partial charge on any atom is -0.393 e. The normalized spacial score (nSPS) is 14.0. The first-order valence-corrected chi connectivity index (χ1v) is 9.58. The van der Waals surface area contributed by atoms with Gasteiger partial charge in [-0.1, -0.05) is 18.2 Å². The van der Waals surface area contributed by atoms with Crippen LogP contribution in [-0.4, -0.2) is 27.2 Å². The second kappa shape index (κ2) is 8.59. The zero-order valence-electron chi connectivity index (χ0n) is 17.1. The molecule has 1 amide bonds. The van der Waals surface area contributed by atoms with Crippen LogP contribution >= 0.6 is 0 Å². The van der Waals surface area contributed by atoms with Crippen molar-refractivity contribution < 1.29 is 14.3 Å². The topological polar surface area (TPSA) is 84.2 Å². The van der Waals surface area contributed by atoms with Crippen molar-refractivity contribution in [1.82, 2.24) is 14.9 Å². The maximum atomic E-state index is 14.7. The quantitative estimate of drug-likeness (QED) is 0.655. The van der Waals surface area contributed by atoms with Crippen LogP contribution in [0.5, 0.6) is 0 Å². The van der Waals surface area contributed by atoms with Crippen molar-refractivity contribution in [1.29, 1.82) is 0 Å². The number of nitrogens with zero attached hydrogens (tertiary/aromatic N) is 2. The molecular formula is C23H24FN3O3. The molecule has 156 valence electrons. The molecule has 2 heterocycles. The largest absolute Gasteiger partial charge is 0.393 e. The summed E-state index contributed by atoms with van der Waals surface area (Å²) in [6.07, 6.45) is 4.60. The third-order valence-electron chi connectivity index (χ3n) is 5.15. The van der Waals surface area contributed by atoms with Gasteiger partial charge in [-0.2, -0.15) is 0 Å². The molecule has 0 radical (unpaired) electrons. The molecule has 0 bridgehead atoms. The molecule has 2 aromatic heterocycles. The van der Waals surface area contributed by atoms with Gasteiger partial charge >= 0.3 is 0 Å². The van der Waals surface area contributed by atoms with Crippen LogP contribution in [0.4, 0.5) is 4.39 Å². The highest BCUT2D eigenvalue weighted by Crippen LogP contribution is 2.31. The average molecular weight is 409 g/mol. The third-order valence-corrected chi connectivity index (χ3v) is 5.15. The fourth-order valence-electron chi connectivity index (χ4n) is 3.45. The van der Waals surface area contributed by atoms with Crippen molar-refractivity contribution in [3.8, 4) is 5.69 Å². The van der Waals surface area contributed by atoms with Gasteiger partial charge in [-0.05, 0) is 55.7 Å². The lowest BCUT2D eigenvalue weighted by Crippen LogP contribution is -2.29. The van der Waals surface area contributed by atoms with Gasteiger partial charge in [-0.25, -0.2) is 4.39 Å². The number of alkyl halides is 1. The standard InChI is InChI=1S/C23H24FN3O3/c1-15-19(7-4-8-20(15)23(3,24)14-28)16(2)26-22(30)17-9-10-21(29)27(13-17)18-6-5-11-25-12-18/h4-13,16,28H,14H2,1-3H3,(H,26,30)/t16-,23?/m1/s1. The van der Waals surface area contributed by atoms with Crippen LogP contribution in [0.15, 0.2) is 65.8 Å². The van der Waals surface area contributed by atoms with E-state index in [1.165, 1.54) is 36.0 Å². The highest BCUT2D eigenvalue weighted by atomic mass is 19.1. The Kier molecular flexibility index (Phi) is 6.12. The van der Waals surface area contributed by atoms with Gasteiger partial charge in [0.1, 0.15) is 0 Å². The van der Waals surface area contributed by atoms with Crippen LogP contribution in [0.3, 0.4) is 0 Å². The Balaban J connectivity index is 1.87. The Morgan fingerprint density at radius 3 is 2.70 bits per heavy atom. The van der Waals surface area contributed by atoms with Gasteiger partial charge in [0.25, 0.3) is 11.5 Å². The fraction of sp³-hybridized carbons (Fsp3) is 0.261. The average Bonchev–Trinajstić information content (AvgIpc) is 2.74. The van der Waals surface area contributed by atoms with E-state index in [0.29, 0.717) is 22.4 Å². The first kappa shape index (κ1) is 21.4. The molecule has 3 rings (SSSR count). The molecule has 0 fully saturated rings. The second-order valence-electron chi connectivity index (χ2n) is 7.41. The molecule has 3 aromatic rings. The number of hydrogen-bond donors (Lipinski definition) is 2. The van der Waals surface area contributed by atoms with Gasteiger partial charge in [0, 0.05) is 18.5 Å². The number of amides is 1. The molecule has 0 aliphatic heterocycles. The molecular weight excluding hydrogens is 385 g/mol. The van der Waals surface area contributed by atoms with Crippen molar-refractivity contribution in [2.45, 2.75) is 32.5 Å². The Hall–Kier alpha value is -3.32. The molecule has 2 atom stereocenters. The number of pyridine rings is 2. The van der Waals surface area contributed by atoms with Crippen LogP contribution in [-0.2, 0) is 5.67 Å². The summed E-state index contributed by atoms with van der Waals surface area (Å²) >= 11 is 0. The van der Waals surface area contributed by atoms with E-state index in [9.17, 15) is 19.1 Å². The first-order valence-electron chi connectivity index (χ1n) is 9.58. The maximum absolute atomic E-state index is 14.7. The van der Waals surface area contributed by atoms with E-state index in [-0.39, 0.29) is 11.5 Å². The molecule has 0 spiro atoms. The molecule has 30 heavy (non-hydrogen) atoms. The van der Waals surface area contributed by atoms with Crippen LogP contribution in [0, 0.1) is 6.92 Å². The first-order chi connectivity index (χ1) is 14.2. The highest BCUT2D eigenvalue weighted by molar-refractivity contribution is 5.94. The number of aromatic nitrogens is 2. The summed E-state index contributed by atoms with van der Waals surface area (Å²) < 4.78 is 16.0. The van der Waals surface area contributed by atoms with Crippen molar-refractivity contribution >= 4 is 5.91 Å². The van der Waals surface area contributed by atoms with E-state index in [1.807, 2.05) is 6.07 Å². The molecule has 2 N–H and O–H groups in total. The minimum atomic E-state index is -1.87. The van der Waals surface area contributed by atoms with Crippen molar-refractivity contribution in [2.75, 3.05) is 6.61 Å². The number of hydrogen-bond acceptors (Lipinski definition) is 4. The lowest BCUT2D eigenvalue weighted by Gasteiger charge is -2.24.